The largest absolute Gasteiger partial charge is 0.311 e. The summed E-state index contributed by atoms with van der Waals surface area (Å²) in [6, 6.07) is 9.35. The first-order valence-corrected chi connectivity index (χ1v) is 6.21. The zero-order valence-corrected chi connectivity index (χ0v) is 10.7. The quantitative estimate of drug-likeness (QED) is 0.850. The minimum atomic E-state index is 0.558. The number of hydrogen-bond acceptors (Lipinski definition) is 2. The predicted octanol–water partition coefficient (Wildman–Crippen LogP) is 2.17. The maximum atomic E-state index is 5.87. The molecule has 16 heavy (non-hydrogen) atoms. The number of nitrogens with zero attached hydrogens (tertiary/aromatic N) is 1. The minimum Gasteiger partial charge on any atom is -0.311 e. The van der Waals surface area contributed by atoms with Crippen molar-refractivity contribution in [3.8, 4) is 0 Å². The standard InChI is InChI=1S/C13H19ClN2/c1-10-8-15-13(9-16(10)2)7-11-3-5-12(14)6-4-11/h3-6,10,13,15H,7-9H2,1-2H3. The molecule has 0 bridgehead atoms. The number of halogens is 1. The van der Waals surface area contributed by atoms with E-state index in [0.717, 1.165) is 24.5 Å². The van der Waals surface area contributed by atoms with Crippen LogP contribution in [0.25, 0.3) is 0 Å². The molecule has 3 heteroatoms. The second-order valence-corrected chi connectivity index (χ2v) is 5.16. The molecule has 0 aliphatic carbocycles. The lowest BCUT2D eigenvalue weighted by atomic mass is 10.0. The SMILES string of the molecule is CC1CNC(Cc2ccc(Cl)cc2)CN1C. The molecule has 2 unspecified atom stereocenters. The van der Waals surface area contributed by atoms with Crippen LogP contribution < -0.4 is 5.32 Å². The summed E-state index contributed by atoms with van der Waals surface area (Å²) in [5, 5.41) is 4.40. The van der Waals surface area contributed by atoms with Crippen molar-refractivity contribution >= 4 is 11.6 Å². The van der Waals surface area contributed by atoms with E-state index in [2.05, 4.69) is 36.3 Å². The van der Waals surface area contributed by atoms with E-state index in [1.165, 1.54) is 5.56 Å². The third kappa shape index (κ3) is 2.97. The van der Waals surface area contributed by atoms with E-state index in [9.17, 15) is 0 Å². The van der Waals surface area contributed by atoms with Gasteiger partial charge < -0.3 is 10.2 Å². The number of likely N-dealkylation sites (N-methyl/N-ethyl adjacent to an activating group) is 1. The average Bonchev–Trinajstić information content (AvgIpc) is 2.27. The van der Waals surface area contributed by atoms with Gasteiger partial charge in [0.1, 0.15) is 0 Å². The minimum absolute atomic E-state index is 0.558. The van der Waals surface area contributed by atoms with Crippen molar-refractivity contribution in [1.82, 2.24) is 10.2 Å². The second kappa shape index (κ2) is 5.17. The Morgan fingerprint density at radius 2 is 2.06 bits per heavy atom. The van der Waals surface area contributed by atoms with E-state index in [1.54, 1.807) is 0 Å². The van der Waals surface area contributed by atoms with E-state index in [4.69, 9.17) is 11.6 Å². The molecule has 88 valence electrons. The summed E-state index contributed by atoms with van der Waals surface area (Å²) in [4.78, 5) is 2.41. The Bertz CT molecular complexity index is 336. The van der Waals surface area contributed by atoms with Crippen LogP contribution in [-0.4, -0.2) is 37.1 Å². The number of nitrogens with one attached hydrogen (secondary N) is 1. The highest BCUT2D eigenvalue weighted by Gasteiger charge is 2.21. The molecule has 0 amide bonds. The van der Waals surface area contributed by atoms with Crippen molar-refractivity contribution in [2.45, 2.75) is 25.4 Å². The van der Waals surface area contributed by atoms with Gasteiger partial charge in [-0.15, -0.1) is 0 Å². The molecular formula is C13H19ClN2. The average molecular weight is 239 g/mol. The van der Waals surface area contributed by atoms with Crippen LogP contribution in [0.1, 0.15) is 12.5 Å². The van der Waals surface area contributed by atoms with Gasteiger partial charge in [0.2, 0.25) is 0 Å². The van der Waals surface area contributed by atoms with E-state index in [0.29, 0.717) is 12.1 Å². The molecule has 0 radical (unpaired) electrons. The van der Waals surface area contributed by atoms with E-state index in [1.807, 2.05) is 12.1 Å². The summed E-state index contributed by atoms with van der Waals surface area (Å²) >= 11 is 5.87. The van der Waals surface area contributed by atoms with Crippen LogP contribution in [0.2, 0.25) is 5.02 Å². The topological polar surface area (TPSA) is 15.3 Å². The van der Waals surface area contributed by atoms with E-state index in [-0.39, 0.29) is 0 Å². The van der Waals surface area contributed by atoms with E-state index < -0.39 is 0 Å². The molecule has 1 fully saturated rings. The molecule has 2 rings (SSSR count). The highest BCUT2D eigenvalue weighted by molar-refractivity contribution is 6.30. The van der Waals surface area contributed by atoms with Gasteiger partial charge in [0, 0.05) is 30.2 Å². The first-order valence-electron chi connectivity index (χ1n) is 5.83. The van der Waals surface area contributed by atoms with Gasteiger partial charge in [-0.1, -0.05) is 23.7 Å². The molecule has 0 saturated carbocycles. The van der Waals surface area contributed by atoms with E-state index >= 15 is 0 Å². The fraction of sp³-hybridized carbons (Fsp3) is 0.538. The Labute approximate surface area is 103 Å². The van der Waals surface area contributed by atoms with Gasteiger partial charge >= 0.3 is 0 Å². The highest BCUT2D eigenvalue weighted by Crippen LogP contribution is 2.13. The van der Waals surface area contributed by atoms with Crippen molar-refractivity contribution in [2.75, 3.05) is 20.1 Å². The third-order valence-electron chi connectivity index (χ3n) is 3.36. The van der Waals surface area contributed by atoms with Crippen LogP contribution in [0.4, 0.5) is 0 Å². The molecule has 2 atom stereocenters. The van der Waals surface area contributed by atoms with Gasteiger partial charge in [-0.3, -0.25) is 0 Å². The first-order chi connectivity index (χ1) is 7.65. The molecule has 1 saturated heterocycles. The monoisotopic (exact) mass is 238 g/mol. The fourth-order valence-corrected chi connectivity index (χ4v) is 2.25. The number of piperazine rings is 1. The van der Waals surface area contributed by atoms with Gasteiger partial charge in [-0.2, -0.15) is 0 Å². The van der Waals surface area contributed by atoms with Gasteiger partial charge in [0.15, 0.2) is 0 Å². The Morgan fingerprint density at radius 3 is 2.69 bits per heavy atom. The maximum absolute atomic E-state index is 5.87. The van der Waals surface area contributed by atoms with Gasteiger partial charge in [0.05, 0.1) is 0 Å². The summed E-state index contributed by atoms with van der Waals surface area (Å²) in [6.07, 6.45) is 1.08. The molecule has 0 aromatic heterocycles. The molecule has 0 spiro atoms. The first kappa shape index (κ1) is 11.9. The lowest BCUT2D eigenvalue weighted by Crippen LogP contribution is -2.54. The zero-order chi connectivity index (χ0) is 11.5. The summed E-state index contributed by atoms with van der Waals surface area (Å²) in [5.74, 6) is 0. The summed E-state index contributed by atoms with van der Waals surface area (Å²) in [7, 11) is 2.19. The van der Waals surface area contributed by atoms with Crippen molar-refractivity contribution in [3.63, 3.8) is 0 Å². The molecular weight excluding hydrogens is 220 g/mol. The molecule has 1 aliphatic heterocycles. The highest BCUT2D eigenvalue weighted by atomic mass is 35.5. The van der Waals surface area contributed by atoms with Crippen LogP contribution >= 0.6 is 11.6 Å². The second-order valence-electron chi connectivity index (χ2n) is 4.72. The van der Waals surface area contributed by atoms with Crippen LogP contribution in [0.5, 0.6) is 0 Å². The normalized spacial score (nSPS) is 26.9. The lowest BCUT2D eigenvalue weighted by Gasteiger charge is -2.36. The summed E-state index contributed by atoms with van der Waals surface area (Å²) < 4.78 is 0. The summed E-state index contributed by atoms with van der Waals surface area (Å²) in [5.41, 5.74) is 1.35. The molecule has 2 nitrogen and oxygen atoms in total. The van der Waals surface area contributed by atoms with Crippen molar-refractivity contribution in [3.05, 3.63) is 34.9 Å². The summed E-state index contributed by atoms with van der Waals surface area (Å²) in [6.45, 7) is 4.45. The predicted molar refractivity (Wildman–Crippen MR) is 69.0 cm³/mol. The van der Waals surface area contributed by atoms with Crippen LogP contribution in [0, 0.1) is 0 Å². The Morgan fingerprint density at radius 1 is 1.38 bits per heavy atom. The third-order valence-corrected chi connectivity index (χ3v) is 3.61. The van der Waals surface area contributed by atoms with Crippen molar-refractivity contribution in [1.29, 1.82) is 0 Å². The fourth-order valence-electron chi connectivity index (χ4n) is 2.13. The van der Waals surface area contributed by atoms with Crippen molar-refractivity contribution < 1.29 is 0 Å². The zero-order valence-electron chi connectivity index (χ0n) is 9.91. The molecule has 1 heterocycles. The number of benzene rings is 1. The Hall–Kier alpha value is -0.570. The number of hydrogen-bond donors (Lipinski definition) is 1. The molecule has 1 N–H and O–H groups in total. The van der Waals surface area contributed by atoms with Gasteiger partial charge in [-0.05, 0) is 38.1 Å². The van der Waals surface area contributed by atoms with Crippen molar-refractivity contribution in [2.24, 2.45) is 0 Å². The Kier molecular flexibility index (Phi) is 3.85. The van der Waals surface area contributed by atoms with Gasteiger partial charge in [0.25, 0.3) is 0 Å². The maximum Gasteiger partial charge on any atom is 0.0406 e. The molecule has 1 aliphatic rings. The smallest absolute Gasteiger partial charge is 0.0406 e. The number of rotatable bonds is 2. The van der Waals surface area contributed by atoms with Crippen LogP contribution in [-0.2, 0) is 6.42 Å². The molecule has 1 aromatic rings. The van der Waals surface area contributed by atoms with Crippen LogP contribution in [0.15, 0.2) is 24.3 Å². The Balaban J connectivity index is 1.93. The molecule has 1 aromatic carbocycles. The lowest BCUT2D eigenvalue weighted by molar-refractivity contribution is 0.175. The van der Waals surface area contributed by atoms with Crippen LogP contribution in [0.3, 0.4) is 0 Å². The van der Waals surface area contributed by atoms with Gasteiger partial charge in [-0.25, -0.2) is 0 Å².